The van der Waals surface area contributed by atoms with Gasteiger partial charge in [-0.15, -0.1) is 0 Å². The minimum atomic E-state index is -0.219. The summed E-state index contributed by atoms with van der Waals surface area (Å²) in [5.41, 5.74) is 3.06. The minimum Gasteiger partial charge on any atom is -0.350 e. The summed E-state index contributed by atoms with van der Waals surface area (Å²) in [7, 11) is 0. The fraction of sp³-hybridized carbons (Fsp3) is 0.160. The van der Waals surface area contributed by atoms with Crippen LogP contribution in [0, 0.1) is 0 Å². The third kappa shape index (κ3) is 5.57. The highest BCUT2D eigenvalue weighted by Gasteiger charge is 2.09. The Kier molecular flexibility index (Phi) is 6.38. The van der Waals surface area contributed by atoms with E-state index >= 15 is 0 Å². The first-order valence-electron chi connectivity index (χ1n) is 10.2. The molecule has 2 amide bonds. The van der Waals surface area contributed by atoms with Crippen molar-refractivity contribution in [2.24, 2.45) is 0 Å². The molecule has 2 N–H and O–H groups in total. The second kappa shape index (κ2) is 9.71. The van der Waals surface area contributed by atoms with Crippen LogP contribution in [-0.2, 0) is 29.1 Å². The summed E-state index contributed by atoms with van der Waals surface area (Å²) in [6.45, 7) is 1.04. The van der Waals surface area contributed by atoms with Crippen LogP contribution in [-0.4, -0.2) is 28.1 Å². The van der Waals surface area contributed by atoms with Gasteiger partial charge in [-0.05, 0) is 33.5 Å². The Labute approximate surface area is 180 Å². The molecule has 0 aliphatic heterocycles. The molecular weight excluding hydrogens is 388 g/mol. The van der Waals surface area contributed by atoms with Gasteiger partial charge in [0.2, 0.25) is 11.8 Å². The van der Waals surface area contributed by atoms with Gasteiger partial charge in [0.1, 0.15) is 0 Å². The molecule has 1 heterocycles. The molecule has 0 aliphatic carbocycles. The van der Waals surface area contributed by atoms with E-state index in [1.165, 1.54) is 0 Å². The molecule has 0 unspecified atom stereocenters. The van der Waals surface area contributed by atoms with Crippen molar-refractivity contribution in [1.82, 2.24) is 20.4 Å². The Morgan fingerprint density at radius 2 is 1.65 bits per heavy atom. The van der Waals surface area contributed by atoms with E-state index in [1.807, 2.05) is 83.7 Å². The van der Waals surface area contributed by atoms with Crippen molar-refractivity contribution in [2.75, 3.05) is 6.54 Å². The molecule has 6 heteroatoms. The van der Waals surface area contributed by atoms with Gasteiger partial charge < -0.3 is 10.6 Å². The van der Waals surface area contributed by atoms with Gasteiger partial charge in [0.15, 0.2) is 0 Å². The number of nitrogens with zero attached hydrogens (tertiary/aromatic N) is 2. The lowest BCUT2D eigenvalue weighted by atomic mass is 10.0. The number of hydrogen-bond donors (Lipinski definition) is 2. The van der Waals surface area contributed by atoms with Crippen LogP contribution in [0.4, 0.5) is 0 Å². The summed E-state index contributed by atoms with van der Waals surface area (Å²) in [5.74, 6) is -0.392. The zero-order chi connectivity index (χ0) is 21.5. The van der Waals surface area contributed by atoms with E-state index < -0.39 is 0 Å². The van der Waals surface area contributed by atoms with Gasteiger partial charge in [-0.25, -0.2) is 0 Å². The van der Waals surface area contributed by atoms with Crippen molar-refractivity contribution in [3.05, 3.63) is 102 Å². The summed E-state index contributed by atoms with van der Waals surface area (Å²) >= 11 is 0. The molecule has 4 rings (SSSR count). The second-order valence-corrected chi connectivity index (χ2v) is 7.39. The van der Waals surface area contributed by atoms with E-state index in [0.29, 0.717) is 13.1 Å². The van der Waals surface area contributed by atoms with Crippen molar-refractivity contribution in [3.63, 3.8) is 0 Å². The summed E-state index contributed by atoms with van der Waals surface area (Å²) in [6.07, 6.45) is 3.90. The van der Waals surface area contributed by atoms with E-state index in [1.54, 1.807) is 6.20 Å². The third-order valence-corrected chi connectivity index (χ3v) is 5.06. The number of fused-ring (bicyclic) bond motifs is 1. The molecule has 0 saturated heterocycles. The molecule has 3 aromatic carbocycles. The number of carbonyl (C=O) groups is 2. The average molecular weight is 412 g/mol. The first-order valence-corrected chi connectivity index (χ1v) is 10.2. The highest BCUT2D eigenvalue weighted by atomic mass is 16.2. The molecule has 156 valence electrons. The lowest BCUT2D eigenvalue weighted by Gasteiger charge is -2.10. The minimum absolute atomic E-state index is 0.0451. The quantitative estimate of drug-likeness (QED) is 0.467. The van der Waals surface area contributed by atoms with Crippen LogP contribution in [0.3, 0.4) is 0 Å². The number of carbonyl (C=O) groups excluding carboxylic acids is 2. The van der Waals surface area contributed by atoms with Crippen LogP contribution in [0.15, 0.2) is 85.2 Å². The Balaban J connectivity index is 1.25. The summed E-state index contributed by atoms with van der Waals surface area (Å²) in [5, 5.41) is 11.9. The van der Waals surface area contributed by atoms with Crippen molar-refractivity contribution in [3.8, 4) is 0 Å². The predicted octanol–water partition coefficient (Wildman–Crippen LogP) is 3.06. The maximum absolute atomic E-state index is 12.3. The topological polar surface area (TPSA) is 76.0 Å². The number of hydrogen-bond acceptors (Lipinski definition) is 3. The molecule has 0 radical (unpaired) electrons. The molecule has 0 aliphatic rings. The number of rotatable bonds is 8. The van der Waals surface area contributed by atoms with Gasteiger partial charge in [-0.1, -0.05) is 66.7 Å². The fourth-order valence-corrected chi connectivity index (χ4v) is 3.54. The lowest BCUT2D eigenvalue weighted by molar-refractivity contribution is -0.125. The highest BCUT2D eigenvalue weighted by molar-refractivity contribution is 5.91. The third-order valence-electron chi connectivity index (χ3n) is 5.06. The van der Waals surface area contributed by atoms with E-state index in [4.69, 9.17) is 0 Å². The summed E-state index contributed by atoms with van der Waals surface area (Å²) < 4.78 is 1.85. The zero-order valence-corrected chi connectivity index (χ0v) is 17.1. The number of nitrogens with one attached hydrogen (secondary N) is 2. The number of amides is 2. The van der Waals surface area contributed by atoms with Gasteiger partial charge in [-0.2, -0.15) is 5.10 Å². The van der Waals surface area contributed by atoms with Crippen LogP contribution in [0.5, 0.6) is 0 Å². The number of aromatic nitrogens is 2. The van der Waals surface area contributed by atoms with Gasteiger partial charge in [0.05, 0.1) is 19.5 Å². The first kappa shape index (κ1) is 20.3. The van der Waals surface area contributed by atoms with Gasteiger partial charge in [0.25, 0.3) is 0 Å². The Morgan fingerprint density at radius 3 is 2.52 bits per heavy atom. The molecule has 31 heavy (non-hydrogen) atoms. The predicted molar refractivity (Wildman–Crippen MR) is 120 cm³/mol. The second-order valence-electron chi connectivity index (χ2n) is 7.39. The smallest absolute Gasteiger partial charge is 0.239 e. The first-order chi connectivity index (χ1) is 15.2. The SMILES string of the molecule is O=C(CNC(=O)Cc1cccc2ccccc12)NCc1cccc(Cn2cccn2)c1. The molecule has 0 fully saturated rings. The normalized spacial score (nSPS) is 10.7. The van der Waals surface area contributed by atoms with Crippen LogP contribution in [0.25, 0.3) is 10.8 Å². The van der Waals surface area contributed by atoms with Crippen LogP contribution >= 0.6 is 0 Å². The largest absolute Gasteiger partial charge is 0.350 e. The van der Waals surface area contributed by atoms with Crippen molar-refractivity contribution < 1.29 is 9.59 Å². The molecule has 0 spiro atoms. The van der Waals surface area contributed by atoms with Crippen molar-refractivity contribution >= 4 is 22.6 Å². The molecule has 1 aromatic heterocycles. The summed E-state index contributed by atoms with van der Waals surface area (Å²) in [6, 6.07) is 23.8. The van der Waals surface area contributed by atoms with Crippen LogP contribution in [0.2, 0.25) is 0 Å². The van der Waals surface area contributed by atoms with Gasteiger partial charge in [0, 0.05) is 18.9 Å². The van der Waals surface area contributed by atoms with Gasteiger partial charge >= 0.3 is 0 Å². The van der Waals surface area contributed by atoms with Crippen LogP contribution < -0.4 is 10.6 Å². The maximum Gasteiger partial charge on any atom is 0.239 e. The van der Waals surface area contributed by atoms with Gasteiger partial charge in [-0.3, -0.25) is 14.3 Å². The van der Waals surface area contributed by atoms with E-state index in [0.717, 1.165) is 27.5 Å². The molecular formula is C25H24N4O2. The van der Waals surface area contributed by atoms with Crippen molar-refractivity contribution in [1.29, 1.82) is 0 Å². The summed E-state index contributed by atoms with van der Waals surface area (Å²) in [4.78, 5) is 24.5. The Bertz CT molecular complexity index is 1180. The molecule has 0 bridgehead atoms. The fourth-order valence-electron chi connectivity index (χ4n) is 3.54. The lowest BCUT2D eigenvalue weighted by Crippen LogP contribution is -2.37. The molecule has 6 nitrogen and oxygen atoms in total. The average Bonchev–Trinajstić information content (AvgIpc) is 3.30. The highest BCUT2D eigenvalue weighted by Crippen LogP contribution is 2.18. The molecule has 0 saturated carbocycles. The zero-order valence-electron chi connectivity index (χ0n) is 17.1. The van der Waals surface area contributed by atoms with Crippen LogP contribution in [0.1, 0.15) is 16.7 Å². The monoisotopic (exact) mass is 412 g/mol. The van der Waals surface area contributed by atoms with E-state index in [2.05, 4.69) is 15.7 Å². The molecule has 4 aromatic rings. The Morgan fingerprint density at radius 1 is 0.839 bits per heavy atom. The maximum atomic E-state index is 12.3. The van der Waals surface area contributed by atoms with E-state index in [-0.39, 0.29) is 24.8 Å². The molecule has 0 atom stereocenters. The van der Waals surface area contributed by atoms with E-state index in [9.17, 15) is 9.59 Å². The standard InChI is InChI=1S/C25H24N4O2/c30-24(15-22-10-4-9-21-8-1-2-11-23(21)22)27-17-25(31)26-16-19-6-3-7-20(14-19)18-29-13-5-12-28-29/h1-14H,15-18H2,(H,26,31)(H,27,30). The number of benzene rings is 3. The van der Waals surface area contributed by atoms with Crippen molar-refractivity contribution in [2.45, 2.75) is 19.5 Å². The Hall–Kier alpha value is -3.93.